The highest BCUT2D eigenvalue weighted by atomic mass is 16.4. The number of nitrogens with one attached hydrogen (secondary N) is 1. The molecule has 2 amide bonds. The molecular formula is C17H22N2O4. The Labute approximate surface area is 135 Å². The summed E-state index contributed by atoms with van der Waals surface area (Å²) in [4.78, 5) is 37.1. The monoisotopic (exact) mass is 318 g/mol. The zero-order chi connectivity index (χ0) is 17.0. The van der Waals surface area contributed by atoms with E-state index in [1.54, 1.807) is 43.0 Å². The van der Waals surface area contributed by atoms with Gasteiger partial charge >= 0.3 is 5.97 Å². The number of carboxylic acid groups (broad SMARTS) is 1. The molecule has 2 N–H and O–H groups in total. The summed E-state index contributed by atoms with van der Waals surface area (Å²) in [7, 11) is 0. The molecule has 0 bridgehead atoms. The first-order valence-electron chi connectivity index (χ1n) is 7.78. The fraction of sp³-hybridized carbons (Fsp3) is 0.471. The van der Waals surface area contributed by atoms with Gasteiger partial charge in [-0.15, -0.1) is 0 Å². The molecule has 6 heteroatoms. The molecule has 1 aromatic carbocycles. The standard InChI is InChI=1S/C17H22N2O4/c1-3-14(20)18-13-7-4-6-12(10-13)15(21)19-9-5-8-17(2,11-19)16(22)23/h4,6-7,10H,3,5,8-9,11H2,1-2H3,(H,18,20)(H,22,23). The van der Waals surface area contributed by atoms with Gasteiger partial charge < -0.3 is 15.3 Å². The summed E-state index contributed by atoms with van der Waals surface area (Å²) in [5.74, 6) is -1.20. The maximum atomic E-state index is 12.6. The van der Waals surface area contributed by atoms with E-state index >= 15 is 0 Å². The molecule has 1 atom stereocenters. The Bertz CT molecular complexity index is 629. The number of benzene rings is 1. The summed E-state index contributed by atoms with van der Waals surface area (Å²) < 4.78 is 0. The second-order valence-electron chi connectivity index (χ2n) is 6.18. The summed E-state index contributed by atoms with van der Waals surface area (Å²) in [6.45, 7) is 4.18. The number of aliphatic carboxylic acids is 1. The van der Waals surface area contributed by atoms with Gasteiger partial charge in [-0.05, 0) is 38.0 Å². The van der Waals surface area contributed by atoms with Crippen LogP contribution >= 0.6 is 0 Å². The number of carbonyl (C=O) groups is 3. The molecule has 0 spiro atoms. The normalized spacial score (nSPS) is 20.9. The Morgan fingerprint density at radius 1 is 1.35 bits per heavy atom. The quantitative estimate of drug-likeness (QED) is 0.892. The SMILES string of the molecule is CCC(=O)Nc1cccc(C(=O)N2CCCC(C)(C(=O)O)C2)c1. The van der Waals surface area contributed by atoms with Crippen molar-refractivity contribution in [3.63, 3.8) is 0 Å². The first-order valence-corrected chi connectivity index (χ1v) is 7.78. The van der Waals surface area contributed by atoms with Crippen LogP contribution in [0.5, 0.6) is 0 Å². The van der Waals surface area contributed by atoms with Crippen LogP contribution in [0.2, 0.25) is 0 Å². The average Bonchev–Trinajstić information content (AvgIpc) is 2.54. The molecule has 1 fully saturated rings. The second-order valence-corrected chi connectivity index (χ2v) is 6.18. The van der Waals surface area contributed by atoms with Crippen LogP contribution in [0, 0.1) is 5.41 Å². The predicted octanol–water partition coefficient (Wildman–Crippen LogP) is 2.36. The lowest BCUT2D eigenvalue weighted by molar-refractivity contribution is -0.150. The van der Waals surface area contributed by atoms with Gasteiger partial charge in [-0.25, -0.2) is 0 Å². The third-order valence-electron chi connectivity index (χ3n) is 4.21. The summed E-state index contributed by atoms with van der Waals surface area (Å²) in [6.07, 6.45) is 1.60. The van der Waals surface area contributed by atoms with Gasteiger partial charge in [0.05, 0.1) is 5.41 Å². The lowest BCUT2D eigenvalue weighted by Crippen LogP contribution is -2.48. The number of anilines is 1. The number of likely N-dealkylation sites (tertiary alicyclic amines) is 1. The molecule has 1 unspecified atom stereocenters. The molecule has 1 saturated heterocycles. The highest BCUT2D eigenvalue weighted by molar-refractivity contribution is 5.97. The molecule has 1 aromatic rings. The van der Waals surface area contributed by atoms with E-state index in [0.29, 0.717) is 37.1 Å². The molecule has 2 rings (SSSR count). The first kappa shape index (κ1) is 17.0. The van der Waals surface area contributed by atoms with Gasteiger partial charge in [-0.1, -0.05) is 13.0 Å². The second kappa shape index (κ2) is 6.81. The lowest BCUT2D eigenvalue weighted by Gasteiger charge is -2.37. The van der Waals surface area contributed by atoms with Gasteiger partial charge in [0.25, 0.3) is 5.91 Å². The van der Waals surface area contributed by atoms with Crippen molar-refractivity contribution in [2.75, 3.05) is 18.4 Å². The molecule has 6 nitrogen and oxygen atoms in total. The van der Waals surface area contributed by atoms with Crippen LogP contribution in [0.4, 0.5) is 5.69 Å². The minimum Gasteiger partial charge on any atom is -0.481 e. The molecule has 1 heterocycles. The number of carboxylic acids is 1. The van der Waals surface area contributed by atoms with Crippen molar-refractivity contribution < 1.29 is 19.5 Å². The maximum absolute atomic E-state index is 12.6. The zero-order valence-electron chi connectivity index (χ0n) is 13.5. The van der Waals surface area contributed by atoms with E-state index in [4.69, 9.17) is 0 Å². The highest BCUT2D eigenvalue weighted by Gasteiger charge is 2.39. The van der Waals surface area contributed by atoms with E-state index in [-0.39, 0.29) is 18.4 Å². The third kappa shape index (κ3) is 3.88. The van der Waals surface area contributed by atoms with Crippen molar-refractivity contribution >= 4 is 23.5 Å². The molecule has 23 heavy (non-hydrogen) atoms. The van der Waals surface area contributed by atoms with Crippen molar-refractivity contribution in [2.45, 2.75) is 33.1 Å². The van der Waals surface area contributed by atoms with Crippen LogP contribution < -0.4 is 5.32 Å². The Morgan fingerprint density at radius 2 is 2.09 bits per heavy atom. The fourth-order valence-electron chi connectivity index (χ4n) is 2.75. The first-order chi connectivity index (χ1) is 10.9. The van der Waals surface area contributed by atoms with E-state index in [1.165, 1.54) is 0 Å². The zero-order valence-corrected chi connectivity index (χ0v) is 13.5. The summed E-state index contributed by atoms with van der Waals surface area (Å²) in [5.41, 5.74) is 0.122. The van der Waals surface area contributed by atoms with E-state index in [1.807, 2.05) is 0 Å². The van der Waals surface area contributed by atoms with E-state index in [0.717, 1.165) is 0 Å². The van der Waals surface area contributed by atoms with Crippen LogP contribution in [0.15, 0.2) is 24.3 Å². The van der Waals surface area contributed by atoms with Crippen LogP contribution in [-0.4, -0.2) is 40.9 Å². The van der Waals surface area contributed by atoms with E-state index < -0.39 is 11.4 Å². The molecule has 1 aliphatic heterocycles. The smallest absolute Gasteiger partial charge is 0.311 e. The topological polar surface area (TPSA) is 86.7 Å². The number of rotatable bonds is 4. The Balaban J connectivity index is 2.15. The predicted molar refractivity (Wildman–Crippen MR) is 86.2 cm³/mol. The average molecular weight is 318 g/mol. The number of nitrogens with zero attached hydrogens (tertiary/aromatic N) is 1. The lowest BCUT2D eigenvalue weighted by atomic mass is 9.82. The largest absolute Gasteiger partial charge is 0.481 e. The minimum absolute atomic E-state index is 0.119. The number of amides is 2. The fourth-order valence-corrected chi connectivity index (χ4v) is 2.75. The Hall–Kier alpha value is -2.37. The maximum Gasteiger partial charge on any atom is 0.311 e. The molecule has 0 aliphatic carbocycles. The van der Waals surface area contributed by atoms with Crippen molar-refractivity contribution in [1.29, 1.82) is 0 Å². The third-order valence-corrected chi connectivity index (χ3v) is 4.21. The van der Waals surface area contributed by atoms with Crippen LogP contribution in [0.1, 0.15) is 43.5 Å². The van der Waals surface area contributed by atoms with Crippen LogP contribution in [0.3, 0.4) is 0 Å². The number of hydrogen-bond donors (Lipinski definition) is 2. The number of piperidine rings is 1. The Morgan fingerprint density at radius 3 is 2.74 bits per heavy atom. The van der Waals surface area contributed by atoms with Gasteiger partial charge in [0.15, 0.2) is 0 Å². The molecule has 124 valence electrons. The van der Waals surface area contributed by atoms with Gasteiger partial charge in [-0.3, -0.25) is 14.4 Å². The van der Waals surface area contributed by atoms with Crippen molar-refractivity contribution in [3.05, 3.63) is 29.8 Å². The van der Waals surface area contributed by atoms with Gasteiger partial charge in [0.1, 0.15) is 0 Å². The highest BCUT2D eigenvalue weighted by Crippen LogP contribution is 2.30. The Kier molecular flexibility index (Phi) is 5.03. The summed E-state index contributed by atoms with van der Waals surface area (Å²) in [5, 5.41) is 12.1. The van der Waals surface area contributed by atoms with E-state index in [2.05, 4.69) is 5.32 Å². The number of carbonyl (C=O) groups excluding carboxylic acids is 2. The molecule has 0 saturated carbocycles. The van der Waals surface area contributed by atoms with Gasteiger partial charge in [-0.2, -0.15) is 0 Å². The molecule has 1 aliphatic rings. The summed E-state index contributed by atoms with van der Waals surface area (Å²) >= 11 is 0. The number of hydrogen-bond acceptors (Lipinski definition) is 3. The van der Waals surface area contributed by atoms with Crippen molar-refractivity contribution in [2.24, 2.45) is 5.41 Å². The van der Waals surface area contributed by atoms with Gasteiger partial charge in [0.2, 0.25) is 5.91 Å². The summed E-state index contributed by atoms with van der Waals surface area (Å²) in [6, 6.07) is 6.74. The van der Waals surface area contributed by atoms with Crippen molar-refractivity contribution in [1.82, 2.24) is 4.90 Å². The van der Waals surface area contributed by atoms with Crippen LogP contribution in [-0.2, 0) is 9.59 Å². The van der Waals surface area contributed by atoms with Gasteiger partial charge in [0, 0.05) is 30.8 Å². The van der Waals surface area contributed by atoms with Crippen LogP contribution in [0.25, 0.3) is 0 Å². The van der Waals surface area contributed by atoms with E-state index in [9.17, 15) is 19.5 Å². The molecule has 0 aromatic heterocycles. The van der Waals surface area contributed by atoms with Crippen molar-refractivity contribution in [3.8, 4) is 0 Å². The molecular weight excluding hydrogens is 296 g/mol. The molecule has 0 radical (unpaired) electrons. The minimum atomic E-state index is -0.901.